The molecule has 6 heteroatoms. The summed E-state index contributed by atoms with van der Waals surface area (Å²) in [4.78, 5) is 12.2. The molecule has 0 saturated heterocycles. The fourth-order valence-corrected chi connectivity index (χ4v) is 3.21. The Hall–Kier alpha value is -0.970. The Labute approximate surface area is 135 Å². The SMILES string of the molecule is CC1CCCCC1(CN)NC(=O)Nc1ccc(Cl)c(Cl)c1. The summed E-state index contributed by atoms with van der Waals surface area (Å²) in [7, 11) is 0. The standard InChI is InChI=1S/C15H21Cl2N3O/c1-10-4-2-3-7-15(10,9-18)20-14(21)19-11-5-6-12(16)13(17)8-11/h5-6,8,10H,2-4,7,9,18H2,1H3,(H2,19,20,21). The third-order valence-corrected chi connectivity index (χ3v) is 5.10. The monoisotopic (exact) mass is 329 g/mol. The van der Waals surface area contributed by atoms with Crippen LogP contribution >= 0.6 is 23.2 Å². The van der Waals surface area contributed by atoms with E-state index in [4.69, 9.17) is 28.9 Å². The number of amides is 2. The second kappa shape index (κ2) is 6.86. The lowest BCUT2D eigenvalue weighted by Gasteiger charge is -2.42. The number of anilines is 1. The van der Waals surface area contributed by atoms with Crippen molar-refractivity contribution in [2.75, 3.05) is 11.9 Å². The summed E-state index contributed by atoms with van der Waals surface area (Å²) in [5, 5.41) is 6.72. The first-order valence-corrected chi connectivity index (χ1v) is 7.97. The molecule has 1 aromatic carbocycles. The molecule has 2 atom stereocenters. The van der Waals surface area contributed by atoms with Crippen LogP contribution in [0.3, 0.4) is 0 Å². The smallest absolute Gasteiger partial charge is 0.319 e. The molecule has 0 aromatic heterocycles. The summed E-state index contributed by atoms with van der Waals surface area (Å²) < 4.78 is 0. The van der Waals surface area contributed by atoms with E-state index in [1.54, 1.807) is 18.2 Å². The van der Waals surface area contributed by atoms with Crippen molar-refractivity contribution in [2.45, 2.75) is 38.1 Å². The van der Waals surface area contributed by atoms with E-state index in [1.165, 1.54) is 6.42 Å². The van der Waals surface area contributed by atoms with E-state index in [0.29, 0.717) is 28.2 Å². The Bertz CT molecular complexity index is 524. The summed E-state index contributed by atoms with van der Waals surface area (Å²) in [6.45, 7) is 2.59. The van der Waals surface area contributed by atoms with E-state index in [1.807, 2.05) is 0 Å². The van der Waals surface area contributed by atoms with E-state index in [2.05, 4.69) is 17.6 Å². The third-order valence-electron chi connectivity index (χ3n) is 4.36. The van der Waals surface area contributed by atoms with Crippen molar-refractivity contribution in [3.8, 4) is 0 Å². The highest BCUT2D eigenvalue weighted by Crippen LogP contribution is 2.33. The number of carbonyl (C=O) groups is 1. The van der Waals surface area contributed by atoms with Crippen LogP contribution in [-0.2, 0) is 0 Å². The number of rotatable bonds is 3. The molecule has 4 N–H and O–H groups in total. The molecular weight excluding hydrogens is 309 g/mol. The normalized spacial score (nSPS) is 25.4. The number of benzene rings is 1. The fourth-order valence-electron chi connectivity index (χ4n) is 2.92. The summed E-state index contributed by atoms with van der Waals surface area (Å²) in [6.07, 6.45) is 4.29. The van der Waals surface area contributed by atoms with Crippen LogP contribution in [0.15, 0.2) is 18.2 Å². The second-order valence-corrected chi connectivity index (χ2v) is 6.53. The molecule has 1 aliphatic rings. The number of hydrogen-bond acceptors (Lipinski definition) is 2. The van der Waals surface area contributed by atoms with Gasteiger partial charge in [-0.2, -0.15) is 0 Å². The second-order valence-electron chi connectivity index (χ2n) is 5.72. The Kier molecular flexibility index (Phi) is 5.36. The highest BCUT2D eigenvalue weighted by Gasteiger charge is 2.38. The first-order valence-electron chi connectivity index (χ1n) is 7.21. The van der Waals surface area contributed by atoms with Crippen LogP contribution in [0.1, 0.15) is 32.6 Å². The van der Waals surface area contributed by atoms with E-state index in [9.17, 15) is 4.79 Å². The molecule has 4 nitrogen and oxygen atoms in total. The van der Waals surface area contributed by atoms with Gasteiger partial charge in [-0.3, -0.25) is 0 Å². The first kappa shape index (κ1) is 16.4. The van der Waals surface area contributed by atoms with Gasteiger partial charge in [0.05, 0.1) is 15.6 Å². The number of nitrogens with one attached hydrogen (secondary N) is 2. The average molecular weight is 330 g/mol. The lowest BCUT2D eigenvalue weighted by molar-refractivity contribution is 0.166. The van der Waals surface area contributed by atoms with Crippen LogP contribution in [0.5, 0.6) is 0 Å². The van der Waals surface area contributed by atoms with Gasteiger partial charge in [-0.25, -0.2) is 4.79 Å². The molecule has 0 heterocycles. The molecule has 0 bridgehead atoms. The lowest BCUT2D eigenvalue weighted by atomic mass is 9.73. The Morgan fingerprint density at radius 3 is 2.76 bits per heavy atom. The van der Waals surface area contributed by atoms with E-state index in [0.717, 1.165) is 19.3 Å². The van der Waals surface area contributed by atoms with Gasteiger partial charge >= 0.3 is 6.03 Å². The van der Waals surface area contributed by atoms with Crippen molar-refractivity contribution in [2.24, 2.45) is 11.7 Å². The highest BCUT2D eigenvalue weighted by molar-refractivity contribution is 6.42. The minimum Gasteiger partial charge on any atom is -0.331 e. The van der Waals surface area contributed by atoms with Crippen molar-refractivity contribution in [3.05, 3.63) is 28.2 Å². The maximum absolute atomic E-state index is 12.2. The molecule has 21 heavy (non-hydrogen) atoms. The van der Waals surface area contributed by atoms with Crippen LogP contribution in [-0.4, -0.2) is 18.1 Å². The lowest BCUT2D eigenvalue weighted by Crippen LogP contribution is -2.60. The molecule has 1 fully saturated rings. The highest BCUT2D eigenvalue weighted by atomic mass is 35.5. The van der Waals surface area contributed by atoms with E-state index in [-0.39, 0.29) is 11.6 Å². The molecule has 1 aromatic rings. The van der Waals surface area contributed by atoms with Gasteiger partial charge in [0.1, 0.15) is 0 Å². The summed E-state index contributed by atoms with van der Waals surface area (Å²) >= 11 is 11.8. The molecule has 0 radical (unpaired) electrons. The minimum absolute atomic E-state index is 0.257. The maximum atomic E-state index is 12.2. The van der Waals surface area contributed by atoms with E-state index >= 15 is 0 Å². The third kappa shape index (κ3) is 3.82. The van der Waals surface area contributed by atoms with Crippen LogP contribution in [0.4, 0.5) is 10.5 Å². The molecule has 116 valence electrons. The van der Waals surface area contributed by atoms with Gasteiger partial charge in [0.25, 0.3) is 0 Å². The van der Waals surface area contributed by atoms with Crippen molar-refractivity contribution < 1.29 is 4.79 Å². The molecule has 2 amide bonds. The Morgan fingerprint density at radius 1 is 1.38 bits per heavy atom. The average Bonchev–Trinajstić information content (AvgIpc) is 2.45. The maximum Gasteiger partial charge on any atom is 0.319 e. The zero-order valence-electron chi connectivity index (χ0n) is 12.1. The quantitative estimate of drug-likeness (QED) is 0.783. The van der Waals surface area contributed by atoms with Gasteiger partial charge in [0, 0.05) is 12.2 Å². The molecule has 2 unspecified atom stereocenters. The summed E-state index contributed by atoms with van der Waals surface area (Å²) in [6, 6.07) is 4.74. The van der Waals surface area contributed by atoms with Crippen LogP contribution in [0.25, 0.3) is 0 Å². The van der Waals surface area contributed by atoms with Gasteiger partial charge < -0.3 is 16.4 Å². The van der Waals surface area contributed by atoms with Gasteiger partial charge in [0.2, 0.25) is 0 Å². The van der Waals surface area contributed by atoms with Crippen molar-refractivity contribution >= 4 is 34.9 Å². The minimum atomic E-state index is -0.321. The Balaban J connectivity index is 2.04. The van der Waals surface area contributed by atoms with Crippen molar-refractivity contribution in [1.82, 2.24) is 5.32 Å². The largest absolute Gasteiger partial charge is 0.331 e. The Morgan fingerprint density at radius 2 is 2.14 bits per heavy atom. The fraction of sp³-hybridized carbons (Fsp3) is 0.533. The first-order chi connectivity index (χ1) is 9.97. The van der Waals surface area contributed by atoms with E-state index < -0.39 is 0 Å². The van der Waals surface area contributed by atoms with Gasteiger partial charge in [-0.05, 0) is 37.0 Å². The van der Waals surface area contributed by atoms with Crippen LogP contribution < -0.4 is 16.4 Å². The predicted octanol–water partition coefficient (Wildman–Crippen LogP) is 4.02. The molecule has 1 aliphatic carbocycles. The molecule has 0 spiro atoms. The zero-order chi connectivity index (χ0) is 15.5. The number of urea groups is 1. The van der Waals surface area contributed by atoms with Crippen molar-refractivity contribution in [3.63, 3.8) is 0 Å². The predicted molar refractivity (Wildman–Crippen MR) is 88.0 cm³/mol. The topological polar surface area (TPSA) is 67.1 Å². The molecular formula is C15H21Cl2N3O. The molecule has 1 saturated carbocycles. The van der Waals surface area contributed by atoms with Gasteiger partial charge in [0.15, 0.2) is 0 Å². The number of nitrogens with two attached hydrogens (primary N) is 1. The molecule has 2 rings (SSSR count). The molecule has 0 aliphatic heterocycles. The summed E-state index contributed by atoms with van der Waals surface area (Å²) in [5.41, 5.74) is 6.22. The zero-order valence-corrected chi connectivity index (χ0v) is 13.6. The number of hydrogen-bond donors (Lipinski definition) is 3. The van der Waals surface area contributed by atoms with Gasteiger partial charge in [-0.1, -0.05) is 43.0 Å². The van der Waals surface area contributed by atoms with Crippen LogP contribution in [0, 0.1) is 5.92 Å². The summed E-state index contributed by atoms with van der Waals surface area (Å²) in [5.74, 6) is 0.371. The van der Waals surface area contributed by atoms with Crippen LogP contribution in [0.2, 0.25) is 10.0 Å². The van der Waals surface area contributed by atoms with Gasteiger partial charge in [-0.15, -0.1) is 0 Å². The number of halogens is 2. The number of carbonyl (C=O) groups excluding carboxylic acids is 1. The van der Waals surface area contributed by atoms with Crippen molar-refractivity contribution in [1.29, 1.82) is 0 Å².